The molecule has 1 amide bonds. The Hall–Kier alpha value is -1.28. The number of alkyl halides is 3. The summed E-state index contributed by atoms with van der Waals surface area (Å²) in [5.74, 6) is -0.498. The van der Waals surface area contributed by atoms with E-state index in [0.717, 1.165) is 15.7 Å². The highest BCUT2D eigenvalue weighted by Crippen LogP contribution is 2.33. The molecule has 0 heterocycles. The quantitative estimate of drug-likeness (QED) is 0.657. The third-order valence-corrected chi connectivity index (χ3v) is 3.53. The fraction of sp³-hybridized carbons (Fsp3) is 0.0714. The van der Waals surface area contributed by atoms with Gasteiger partial charge in [-0.05, 0) is 65.1 Å². The molecule has 110 valence electrons. The largest absolute Gasteiger partial charge is 0.416 e. The summed E-state index contributed by atoms with van der Waals surface area (Å²) in [6, 6.07) is 9.56. The Balaban J connectivity index is 2.25. The fourth-order valence-electron chi connectivity index (χ4n) is 1.63. The van der Waals surface area contributed by atoms with Crippen molar-refractivity contribution in [3.63, 3.8) is 0 Å². The zero-order valence-electron chi connectivity index (χ0n) is 10.3. The average Bonchev–Trinajstić information content (AvgIpc) is 2.37. The van der Waals surface area contributed by atoms with Crippen LogP contribution in [-0.4, -0.2) is 5.91 Å². The van der Waals surface area contributed by atoms with E-state index in [4.69, 9.17) is 11.6 Å². The maximum Gasteiger partial charge on any atom is 0.416 e. The molecule has 0 atom stereocenters. The van der Waals surface area contributed by atoms with Crippen LogP contribution in [-0.2, 0) is 6.18 Å². The molecule has 2 rings (SSSR count). The second-order valence-electron chi connectivity index (χ2n) is 4.19. The van der Waals surface area contributed by atoms with Gasteiger partial charge in [-0.15, -0.1) is 0 Å². The molecule has 0 aliphatic heterocycles. The predicted octanol–water partition coefficient (Wildman–Crippen LogP) is 5.22. The Morgan fingerprint density at radius 3 is 2.29 bits per heavy atom. The minimum atomic E-state index is -4.52. The van der Waals surface area contributed by atoms with Crippen LogP contribution in [0.4, 0.5) is 18.9 Å². The van der Waals surface area contributed by atoms with Gasteiger partial charge in [0, 0.05) is 19.8 Å². The second kappa shape index (κ2) is 6.23. The van der Waals surface area contributed by atoms with Crippen molar-refractivity contribution in [3.8, 4) is 0 Å². The Morgan fingerprint density at radius 2 is 1.71 bits per heavy atom. The Labute approximate surface area is 137 Å². The number of carbonyl (C=O) groups excluding carboxylic acids is 1. The lowest BCUT2D eigenvalue weighted by Gasteiger charge is -2.11. The van der Waals surface area contributed by atoms with Crippen LogP contribution in [0, 0.1) is 3.57 Å². The smallest absolute Gasteiger partial charge is 0.322 e. The average molecular weight is 426 g/mol. The zero-order valence-corrected chi connectivity index (χ0v) is 13.3. The predicted molar refractivity (Wildman–Crippen MR) is 83.6 cm³/mol. The van der Waals surface area contributed by atoms with Gasteiger partial charge in [0.15, 0.2) is 0 Å². The van der Waals surface area contributed by atoms with Crippen molar-refractivity contribution in [3.05, 3.63) is 62.2 Å². The molecule has 0 aliphatic carbocycles. The summed E-state index contributed by atoms with van der Waals surface area (Å²) in [5, 5.41) is 2.31. The normalized spacial score (nSPS) is 11.3. The van der Waals surface area contributed by atoms with Crippen molar-refractivity contribution < 1.29 is 18.0 Å². The number of halogens is 5. The molecule has 0 saturated carbocycles. The first-order valence-electron chi connectivity index (χ1n) is 5.70. The first kappa shape index (κ1) is 16.1. The number of hydrogen-bond acceptors (Lipinski definition) is 1. The van der Waals surface area contributed by atoms with Gasteiger partial charge in [-0.3, -0.25) is 4.79 Å². The first-order chi connectivity index (χ1) is 9.75. The van der Waals surface area contributed by atoms with Crippen LogP contribution in [0.25, 0.3) is 0 Å². The monoisotopic (exact) mass is 425 g/mol. The molecule has 7 heteroatoms. The number of anilines is 1. The van der Waals surface area contributed by atoms with Crippen LogP contribution in [0.2, 0.25) is 5.02 Å². The van der Waals surface area contributed by atoms with E-state index < -0.39 is 17.6 Å². The molecule has 2 nitrogen and oxygen atoms in total. The lowest BCUT2D eigenvalue weighted by Crippen LogP contribution is -2.13. The first-order valence-corrected chi connectivity index (χ1v) is 7.16. The van der Waals surface area contributed by atoms with Crippen LogP contribution >= 0.6 is 34.2 Å². The van der Waals surface area contributed by atoms with Gasteiger partial charge >= 0.3 is 6.18 Å². The molecule has 2 aromatic carbocycles. The highest BCUT2D eigenvalue weighted by atomic mass is 127. The molecule has 0 aliphatic rings. The van der Waals surface area contributed by atoms with E-state index in [1.807, 2.05) is 0 Å². The van der Waals surface area contributed by atoms with E-state index in [1.165, 1.54) is 6.07 Å². The van der Waals surface area contributed by atoms with Crippen molar-refractivity contribution in [2.45, 2.75) is 6.18 Å². The summed E-state index contributed by atoms with van der Waals surface area (Å²) >= 11 is 7.74. The van der Waals surface area contributed by atoms with Gasteiger partial charge in [-0.1, -0.05) is 11.6 Å². The summed E-state index contributed by atoms with van der Waals surface area (Å²) in [6.45, 7) is 0. The highest BCUT2D eigenvalue weighted by molar-refractivity contribution is 14.1. The summed E-state index contributed by atoms with van der Waals surface area (Å²) < 4.78 is 39.0. The minimum Gasteiger partial charge on any atom is -0.322 e. The molecule has 21 heavy (non-hydrogen) atoms. The van der Waals surface area contributed by atoms with E-state index in [9.17, 15) is 18.0 Å². The number of rotatable bonds is 2. The third kappa shape index (κ3) is 4.34. The van der Waals surface area contributed by atoms with Gasteiger partial charge in [-0.2, -0.15) is 13.2 Å². The van der Waals surface area contributed by atoms with E-state index in [-0.39, 0.29) is 10.7 Å². The van der Waals surface area contributed by atoms with Gasteiger partial charge in [0.25, 0.3) is 5.91 Å². The van der Waals surface area contributed by atoms with E-state index >= 15 is 0 Å². The van der Waals surface area contributed by atoms with E-state index in [2.05, 4.69) is 27.9 Å². The molecule has 0 bridgehead atoms. The second-order valence-corrected chi connectivity index (χ2v) is 5.87. The van der Waals surface area contributed by atoms with Crippen LogP contribution in [0.5, 0.6) is 0 Å². The Bertz CT molecular complexity index is 671. The summed E-state index contributed by atoms with van der Waals surface area (Å²) in [7, 11) is 0. The van der Waals surface area contributed by atoms with Crippen molar-refractivity contribution in [2.24, 2.45) is 0 Å². The van der Waals surface area contributed by atoms with Crippen molar-refractivity contribution in [1.29, 1.82) is 0 Å². The molecule has 0 aromatic heterocycles. The van der Waals surface area contributed by atoms with E-state index in [1.54, 1.807) is 24.3 Å². The minimum absolute atomic E-state index is 0.00150. The van der Waals surface area contributed by atoms with E-state index in [0.29, 0.717) is 5.56 Å². The number of carbonyl (C=O) groups is 1. The molecule has 0 spiro atoms. The number of benzene rings is 2. The Kier molecular flexibility index (Phi) is 4.77. The summed E-state index contributed by atoms with van der Waals surface area (Å²) in [5.41, 5.74) is -0.560. The fourth-order valence-corrected chi connectivity index (χ4v) is 2.22. The lowest BCUT2D eigenvalue weighted by molar-refractivity contribution is -0.137. The molecular weight excluding hydrogens is 418 g/mol. The molecule has 0 radical (unpaired) electrons. The molecule has 2 aromatic rings. The summed E-state index contributed by atoms with van der Waals surface area (Å²) in [4.78, 5) is 12.0. The van der Waals surface area contributed by atoms with Gasteiger partial charge in [0.1, 0.15) is 0 Å². The third-order valence-electron chi connectivity index (χ3n) is 2.59. The molecule has 0 unspecified atom stereocenters. The van der Waals surface area contributed by atoms with Gasteiger partial charge in [-0.25, -0.2) is 0 Å². The van der Waals surface area contributed by atoms with Gasteiger partial charge in [0.2, 0.25) is 0 Å². The van der Waals surface area contributed by atoms with Crippen molar-refractivity contribution >= 4 is 45.8 Å². The standard InChI is InChI=1S/C14H8ClF3INO/c15-10-5-9(14(16,17)18)6-12(7-10)20-13(21)8-1-3-11(19)4-2-8/h1-7H,(H,20,21). The SMILES string of the molecule is O=C(Nc1cc(Cl)cc(C(F)(F)F)c1)c1ccc(I)cc1. The summed E-state index contributed by atoms with van der Waals surface area (Å²) in [6.07, 6.45) is -4.52. The number of amides is 1. The molecular formula is C14H8ClF3INO. The highest BCUT2D eigenvalue weighted by Gasteiger charge is 2.31. The maximum absolute atomic E-state index is 12.7. The number of nitrogens with one attached hydrogen (secondary N) is 1. The van der Waals surface area contributed by atoms with Crippen LogP contribution in [0.1, 0.15) is 15.9 Å². The van der Waals surface area contributed by atoms with Crippen molar-refractivity contribution in [2.75, 3.05) is 5.32 Å². The van der Waals surface area contributed by atoms with Gasteiger partial charge in [0.05, 0.1) is 5.56 Å². The van der Waals surface area contributed by atoms with Crippen molar-refractivity contribution in [1.82, 2.24) is 0 Å². The molecule has 1 N–H and O–H groups in total. The molecule has 0 fully saturated rings. The lowest BCUT2D eigenvalue weighted by atomic mass is 10.1. The topological polar surface area (TPSA) is 29.1 Å². The molecule has 0 saturated heterocycles. The van der Waals surface area contributed by atoms with Crippen LogP contribution < -0.4 is 5.32 Å². The maximum atomic E-state index is 12.7. The number of hydrogen-bond donors (Lipinski definition) is 1. The zero-order chi connectivity index (χ0) is 15.6. The van der Waals surface area contributed by atoms with Crippen LogP contribution in [0.3, 0.4) is 0 Å². The van der Waals surface area contributed by atoms with Gasteiger partial charge < -0.3 is 5.32 Å². The van der Waals surface area contributed by atoms with Crippen LogP contribution in [0.15, 0.2) is 42.5 Å². The Morgan fingerprint density at radius 1 is 1.10 bits per heavy atom.